The van der Waals surface area contributed by atoms with Crippen molar-refractivity contribution in [1.29, 1.82) is 0 Å². The largest absolute Gasteiger partial charge is 0.462 e. The van der Waals surface area contributed by atoms with Crippen molar-refractivity contribution in [2.45, 2.75) is 45.6 Å². The molecule has 1 aromatic carbocycles. The van der Waals surface area contributed by atoms with Crippen molar-refractivity contribution in [3.05, 3.63) is 27.2 Å². The zero-order chi connectivity index (χ0) is 16.7. The quantitative estimate of drug-likeness (QED) is 0.499. The average molecular weight is 368 g/mol. The van der Waals surface area contributed by atoms with Gasteiger partial charge in [-0.25, -0.2) is 0 Å². The maximum absolute atomic E-state index is 11.8. The van der Waals surface area contributed by atoms with E-state index in [2.05, 4.69) is 0 Å². The Morgan fingerprint density at radius 3 is 2.00 bits per heavy atom. The number of benzene rings is 1. The average Bonchev–Trinajstić information content (AvgIpc) is 2.46. The first kappa shape index (κ1) is 19.1. The zero-order valence-corrected chi connectivity index (χ0v) is 14.6. The number of carbonyl (C=O) groups is 2. The van der Waals surface area contributed by atoms with Gasteiger partial charge in [-0.15, -0.1) is 0 Å². The molecule has 0 spiro atoms. The summed E-state index contributed by atoms with van der Waals surface area (Å²) in [6.45, 7) is 3.86. The molecule has 0 saturated carbocycles. The van der Waals surface area contributed by atoms with Crippen molar-refractivity contribution in [1.82, 2.24) is 0 Å². The molecule has 122 valence electrons. The number of hydrogen-bond donors (Lipinski definition) is 0. The minimum atomic E-state index is -0.618. The first-order valence-electron chi connectivity index (χ1n) is 6.92. The molecular formula is C15H17Cl3O4. The van der Waals surface area contributed by atoms with Crippen LogP contribution in [-0.4, -0.2) is 18.0 Å². The van der Waals surface area contributed by atoms with Crippen molar-refractivity contribution in [2.75, 3.05) is 0 Å². The molecule has 0 amide bonds. The summed E-state index contributed by atoms with van der Waals surface area (Å²) in [5.41, 5.74) is 0. The van der Waals surface area contributed by atoms with Crippen molar-refractivity contribution in [3.63, 3.8) is 0 Å². The molecule has 0 heterocycles. The Kier molecular flexibility index (Phi) is 8.01. The van der Waals surface area contributed by atoms with Crippen LogP contribution >= 0.6 is 34.8 Å². The molecule has 1 aromatic rings. The highest BCUT2D eigenvalue weighted by Gasteiger charge is 2.16. The van der Waals surface area contributed by atoms with Crippen LogP contribution < -0.4 is 4.74 Å². The highest BCUT2D eigenvalue weighted by atomic mass is 35.5. The smallest absolute Gasteiger partial charge is 0.311 e. The third-order valence-electron chi connectivity index (χ3n) is 2.92. The Labute approximate surface area is 144 Å². The predicted molar refractivity (Wildman–Crippen MR) is 86.8 cm³/mol. The number of esters is 2. The van der Waals surface area contributed by atoms with Crippen molar-refractivity contribution in [3.8, 4) is 5.75 Å². The standard InChI is InChI=1S/C15H17Cl3O4/c1-3-10(4-2)21-13(19)5-6-14(20)22-15-11(17)7-9(16)8-12(15)18/h7-8,10H,3-6H2,1-2H3. The minimum absolute atomic E-state index is 0.0334. The second kappa shape index (κ2) is 9.23. The van der Waals surface area contributed by atoms with E-state index in [0.29, 0.717) is 5.02 Å². The lowest BCUT2D eigenvalue weighted by atomic mass is 10.2. The first-order valence-corrected chi connectivity index (χ1v) is 8.05. The van der Waals surface area contributed by atoms with E-state index in [4.69, 9.17) is 44.3 Å². The molecule has 7 heteroatoms. The predicted octanol–water partition coefficient (Wildman–Crippen LogP) is 5.06. The van der Waals surface area contributed by atoms with Gasteiger partial charge in [0.25, 0.3) is 0 Å². The van der Waals surface area contributed by atoms with Gasteiger partial charge in [0.1, 0.15) is 6.10 Å². The van der Waals surface area contributed by atoms with Crippen LogP contribution in [0.25, 0.3) is 0 Å². The number of halogens is 3. The summed E-state index contributed by atoms with van der Waals surface area (Å²) in [6, 6.07) is 2.83. The van der Waals surface area contributed by atoms with E-state index in [0.717, 1.165) is 12.8 Å². The minimum Gasteiger partial charge on any atom is -0.462 e. The summed E-state index contributed by atoms with van der Waals surface area (Å²) >= 11 is 17.6. The second-order valence-corrected chi connectivity index (χ2v) is 5.85. The summed E-state index contributed by atoms with van der Waals surface area (Å²) in [4.78, 5) is 23.4. The van der Waals surface area contributed by atoms with Crippen molar-refractivity contribution < 1.29 is 19.1 Å². The van der Waals surface area contributed by atoms with E-state index in [1.54, 1.807) is 0 Å². The van der Waals surface area contributed by atoms with E-state index < -0.39 is 11.9 Å². The molecule has 0 unspecified atom stereocenters. The van der Waals surface area contributed by atoms with E-state index in [-0.39, 0.29) is 34.7 Å². The second-order valence-electron chi connectivity index (χ2n) is 4.60. The Bertz CT molecular complexity index is 519. The van der Waals surface area contributed by atoms with Gasteiger partial charge in [-0.05, 0) is 25.0 Å². The lowest BCUT2D eigenvalue weighted by Gasteiger charge is -2.13. The summed E-state index contributed by atoms with van der Waals surface area (Å²) in [7, 11) is 0. The van der Waals surface area contributed by atoms with Gasteiger partial charge in [-0.2, -0.15) is 0 Å². The summed E-state index contributed by atoms with van der Waals surface area (Å²) in [5.74, 6) is -1.02. The molecule has 0 aromatic heterocycles. The summed E-state index contributed by atoms with van der Waals surface area (Å²) in [5, 5.41) is 0.597. The summed E-state index contributed by atoms with van der Waals surface area (Å²) < 4.78 is 10.3. The van der Waals surface area contributed by atoms with E-state index >= 15 is 0 Å². The Balaban J connectivity index is 2.52. The Hall–Kier alpha value is -0.970. The number of hydrogen-bond acceptors (Lipinski definition) is 4. The monoisotopic (exact) mass is 366 g/mol. The molecule has 0 aliphatic carbocycles. The van der Waals surface area contributed by atoms with Crippen molar-refractivity contribution >= 4 is 46.7 Å². The van der Waals surface area contributed by atoms with Crippen LogP contribution in [0.2, 0.25) is 15.1 Å². The molecule has 0 radical (unpaired) electrons. The Morgan fingerprint density at radius 2 is 1.50 bits per heavy atom. The van der Waals surface area contributed by atoms with Gasteiger partial charge in [-0.1, -0.05) is 48.7 Å². The molecule has 1 rings (SSSR count). The third kappa shape index (κ3) is 6.03. The molecule has 0 atom stereocenters. The van der Waals surface area contributed by atoms with Crippen LogP contribution in [-0.2, 0) is 14.3 Å². The van der Waals surface area contributed by atoms with Gasteiger partial charge in [0.15, 0.2) is 5.75 Å². The van der Waals surface area contributed by atoms with Crippen LogP contribution in [0.5, 0.6) is 5.75 Å². The SMILES string of the molecule is CCC(CC)OC(=O)CCC(=O)Oc1c(Cl)cc(Cl)cc1Cl. The molecule has 0 N–H and O–H groups in total. The van der Waals surface area contributed by atoms with Gasteiger partial charge >= 0.3 is 11.9 Å². The number of ether oxygens (including phenoxy) is 2. The van der Waals surface area contributed by atoms with Crippen LogP contribution in [0, 0.1) is 0 Å². The highest BCUT2D eigenvalue weighted by Crippen LogP contribution is 2.36. The fourth-order valence-electron chi connectivity index (χ4n) is 1.70. The number of rotatable bonds is 7. The fourth-order valence-corrected chi connectivity index (χ4v) is 2.59. The van der Waals surface area contributed by atoms with E-state index in [1.807, 2.05) is 13.8 Å². The van der Waals surface area contributed by atoms with Crippen LogP contribution in [0.1, 0.15) is 39.5 Å². The number of carbonyl (C=O) groups excluding carboxylic acids is 2. The summed E-state index contributed by atoms with van der Waals surface area (Å²) in [6.07, 6.45) is 1.18. The normalized spacial score (nSPS) is 10.6. The maximum atomic E-state index is 11.8. The van der Waals surface area contributed by atoms with E-state index in [1.165, 1.54) is 12.1 Å². The van der Waals surface area contributed by atoms with Crippen LogP contribution in [0.3, 0.4) is 0 Å². The fraction of sp³-hybridized carbons (Fsp3) is 0.467. The molecule has 0 bridgehead atoms. The molecule has 22 heavy (non-hydrogen) atoms. The van der Waals surface area contributed by atoms with Crippen LogP contribution in [0.15, 0.2) is 12.1 Å². The molecule has 4 nitrogen and oxygen atoms in total. The molecular weight excluding hydrogens is 351 g/mol. The first-order chi connectivity index (χ1) is 10.4. The topological polar surface area (TPSA) is 52.6 Å². The lowest BCUT2D eigenvalue weighted by molar-refractivity contribution is -0.151. The van der Waals surface area contributed by atoms with Gasteiger partial charge in [0.2, 0.25) is 0 Å². The van der Waals surface area contributed by atoms with E-state index in [9.17, 15) is 9.59 Å². The highest BCUT2D eigenvalue weighted by molar-refractivity contribution is 6.40. The molecule has 0 aliphatic rings. The van der Waals surface area contributed by atoms with Crippen molar-refractivity contribution in [2.24, 2.45) is 0 Å². The molecule has 0 fully saturated rings. The zero-order valence-electron chi connectivity index (χ0n) is 12.3. The third-order valence-corrected chi connectivity index (χ3v) is 3.70. The lowest BCUT2D eigenvalue weighted by Crippen LogP contribution is -2.18. The maximum Gasteiger partial charge on any atom is 0.311 e. The molecule has 0 aliphatic heterocycles. The van der Waals surface area contributed by atoms with Gasteiger partial charge in [-0.3, -0.25) is 9.59 Å². The van der Waals surface area contributed by atoms with Gasteiger partial charge in [0, 0.05) is 5.02 Å². The molecule has 0 saturated heterocycles. The Morgan fingerprint density at radius 1 is 1.00 bits per heavy atom. The van der Waals surface area contributed by atoms with Gasteiger partial charge < -0.3 is 9.47 Å². The van der Waals surface area contributed by atoms with Gasteiger partial charge in [0.05, 0.1) is 22.9 Å². The van der Waals surface area contributed by atoms with Crippen LogP contribution in [0.4, 0.5) is 0 Å².